The number of nitrogens with zero attached hydrogens (tertiary/aromatic N) is 2. The Balaban J connectivity index is 1.55. The third-order valence-electron chi connectivity index (χ3n) is 3.50. The number of rotatable bonds is 6. The van der Waals surface area contributed by atoms with Crippen LogP contribution >= 0.6 is 15.9 Å². The second-order valence-corrected chi connectivity index (χ2v) is 6.10. The van der Waals surface area contributed by atoms with Gasteiger partial charge in [-0.05, 0) is 28.1 Å². The molecule has 0 atom stereocenters. The Labute approximate surface area is 156 Å². The van der Waals surface area contributed by atoms with Gasteiger partial charge >= 0.3 is 0 Å². The molecule has 0 aliphatic rings. The average molecular weight is 417 g/mol. The van der Waals surface area contributed by atoms with Gasteiger partial charge in [-0.15, -0.1) is 0 Å². The number of H-pyrrole nitrogens is 1. The molecule has 2 aromatic carbocycles. The predicted octanol–water partition coefficient (Wildman–Crippen LogP) is 3.37. The zero-order chi connectivity index (χ0) is 18.5. The average Bonchev–Trinajstić information content (AvgIpc) is 3.04. The Morgan fingerprint density at radius 2 is 2.15 bits per heavy atom. The van der Waals surface area contributed by atoms with Crippen molar-refractivity contribution in [3.05, 3.63) is 68.8 Å². The first-order valence-corrected chi connectivity index (χ1v) is 8.28. The summed E-state index contributed by atoms with van der Waals surface area (Å²) in [5, 5.41) is 15.6. The molecule has 0 radical (unpaired) electrons. The molecule has 3 rings (SSSR count). The number of nitro groups is 1. The fraction of sp³-hybridized carbons (Fsp3) is 0.0588. The third kappa shape index (κ3) is 4.06. The van der Waals surface area contributed by atoms with E-state index in [1.54, 1.807) is 12.4 Å². The maximum Gasteiger partial charge on any atom is 0.277 e. The summed E-state index contributed by atoms with van der Waals surface area (Å²) in [4.78, 5) is 25.1. The Hall–Kier alpha value is -3.20. The van der Waals surface area contributed by atoms with Crippen LogP contribution in [-0.2, 0) is 4.79 Å². The van der Waals surface area contributed by atoms with Crippen LogP contribution in [0.2, 0.25) is 0 Å². The number of hydrogen-bond donors (Lipinski definition) is 2. The standard InChI is InChI=1S/C17H13BrN4O4/c18-14-7-12(22(24)25)5-6-16(14)26-10-17(23)21-20-9-11-8-19-15-4-2-1-3-13(11)15/h1-9,19H,10H2,(H,21,23)/b20-9-. The van der Waals surface area contributed by atoms with Crippen molar-refractivity contribution in [1.82, 2.24) is 10.4 Å². The number of halogens is 1. The van der Waals surface area contributed by atoms with Gasteiger partial charge in [0.25, 0.3) is 11.6 Å². The summed E-state index contributed by atoms with van der Waals surface area (Å²) in [6, 6.07) is 11.8. The second kappa shape index (κ2) is 7.79. The third-order valence-corrected chi connectivity index (χ3v) is 4.12. The molecule has 1 amide bonds. The minimum absolute atomic E-state index is 0.0722. The van der Waals surface area contributed by atoms with Crippen molar-refractivity contribution in [2.45, 2.75) is 0 Å². The normalized spacial score (nSPS) is 11.0. The fourth-order valence-corrected chi connectivity index (χ4v) is 2.75. The molecule has 0 unspecified atom stereocenters. The quantitative estimate of drug-likeness (QED) is 0.364. The first-order valence-electron chi connectivity index (χ1n) is 7.49. The number of hydrazone groups is 1. The highest BCUT2D eigenvalue weighted by Gasteiger charge is 2.11. The summed E-state index contributed by atoms with van der Waals surface area (Å²) in [6.45, 7) is -0.276. The molecule has 26 heavy (non-hydrogen) atoms. The number of fused-ring (bicyclic) bond motifs is 1. The molecule has 3 aromatic rings. The molecule has 0 bridgehead atoms. The van der Waals surface area contributed by atoms with E-state index in [-0.39, 0.29) is 12.3 Å². The molecule has 0 fully saturated rings. The van der Waals surface area contributed by atoms with Crippen molar-refractivity contribution in [3.63, 3.8) is 0 Å². The van der Waals surface area contributed by atoms with Crippen molar-refractivity contribution < 1.29 is 14.5 Å². The lowest BCUT2D eigenvalue weighted by molar-refractivity contribution is -0.384. The van der Waals surface area contributed by atoms with E-state index in [1.807, 2.05) is 24.3 Å². The predicted molar refractivity (Wildman–Crippen MR) is 100 cm³/mol. The number of non-ortho nitro benzene ring substituents is 1. The van der Waals surface area contributed by atoms with Gasteiger partial charge in [-0.25, -0.2) is 5.43 Å². The molecule has 0 spiro atoms. The Morgan fingerprint density at radius 3 is 2.92 bits per heavy atom. The van der Waals surface area contributed by atoms with E-state index in [4.69, 9.17) is 4.74 Å². The fourth-order valence-electron chi connectivity index (χ4n) is 2.27. The molecule has 8 nitrogen and oxygen atoms in total. The maximum absolute atomic E-state index is 11.8. The zero-order valence-electron chi connectivity index (χ0n) is 13.3. The lowest BCUT2D eigenvalue weighted by Crippen LogP contribution is -2.24. The van der Waals surface area contributed by atoms with Gasteiger partial charge in [0, 0.05) is 34.8 Å². The van der Waals surface area contributed by atoms with Gasteiger partial charge in [-0.2, -0.15) is 5.10 Å². The van der Waals surface area contributed by atoms with E-state index in [0.29, 0.717) is 10.2 Å². The SMILES string of the molecule is O=C(COc1ccc([N+](=O)[O-])cc1Br)N/N=C\c1c[nH]c2ccccc12. The van der Waals surface area contributed by atoms with Crippen LogP contribution in [0.15, 0.2) is 58.2 Å². The van der Waals surface area contributed by atoms with E-state index in [9.17, 15) is 14.9 Å². The van der Waals surface area contributed by atoms with Crippen LogP contribution in [0.5, 0.6) is 5.75 Å². The van der Waals surface area contributed by atoms with E-state index >= 15 is 0 Å². The summed E-state index contributed by atoms with van der Waals surface area (Å²) < 4.78 is 5.72. The van der Waals surface area contributed by atoms with Gasteiger partial charge in [-0.1, -0.05) is 18.2 Å². The van der Waals surface area contributed by atoms with Crippen LogP contribution in [0, 0.1) is 10.1 Å². The maximum atomic E-state index is 11.8. The monoisotopic (exact) mass is 416 g/mol. The Kier molecular flexibility index (Phi) is 5.28. The summed E-state index contributed by atoms with van der Waals surface area (Å²) in [7, 11) is 0. The van der Waals surface area contributed by atoms with Crippen LogP contribution in [-0.4, -0.2) is 28.6 Å². The van der Waals surface area contributed by atoms with Gasteiger partial charge < -0.3 is 9.72 Å². The summed E-state index contributed by atoms with van der Waals surface area (Å²) >= 11 is 3.17. The lowest BCUT2D eigenvalue weighted by Gasteiger charge is -2.06. The molecule has 0 aliphatic carbocycles. The molecular formula is C17H13BrN4O4. The van der Waals surface area contributed by atoms with Crippen LogP contribution < -0.4 is 10.2 Å². The molecule has 0 aliphatic heterocycles. The summed E-state index contributed by atoms with van der Waals surface area (Å²) in [5.74, 6) is -0.127. The van der Waals surface area contributed by atoms with Crippen molar-refractivity contribution in [1.29, 1.82) is 0 Å². The topological polar surface area (TPSA) is 110 Å². The van der Waals surface area contributed by atoms with E-state index in [1.165, 1.54) is 18.2 Å². The Morgan fingerprint density at radius 1 is 1.35 bits per heavy atom. The number of para-hydroxylation sites is 1. The van der Waals surface area contributed by atoms with Crippen molar-refractivity contribution in [3.8, 4) is 5.75 Å². The van der Waals surface area contributed by atoms with Crippen LogP contribution in [0.1, 0.15) is 5.56 Å². The minimum atomic E-state index is -0.513. The number of amides is 1. The molecule has 132 valence electrons. The van der Waals surface area contributed by atoms with E-state index in [2.05, 4.69) is 31.4 Å². The Bertz CT molecular complexity index is 999. The number of aromatic nitrogens is 1. The van der Waals surface area contributed by atoms with E-state index < -0.39 is 10.8 Å². The van der Waals surface area contributed by atoms with Crippen LogP contribution in [0.25, 0.3) is 10.9 Å². The first kappa shape index (κ1) is 17.6. The highest BCUT2D eigenvalue weighted by atomic mass is 79.9. The smallest absolute Gasteiger partial charge is 0.277 e. The summed E-state index contributed by atoms with van der Waals surface area (Å²) in [6.07, 6.45) is 3.34. The molecule has 2 N–H and O–H groups in total. The molecular weight excluding hydrogens is 404 g/mol. The van der Waals surface area contributed by atoms with Crippen molar-refractivity contribution in [2.75, 3.05) is 6.61 Å². The number of carbonyl (C=O) groups excluding carboxylic acids is 1. The molecule has 9 heteroatoms. The second-order valence-electron chi connectivity index (χ2n) is 5.24. The number of nitrogens with one attached hydrogen (secondary N) is 2. The number of ether oxygens (including phenoxy) is 1. The van der Waals surface area contributed by atoms with Crippen molar-refractivity contribution >= 4 is 44.6 Å². The number of hydrogen-bond acceptors (Lipinski definition) is 5. The highest BCUT2D eigenvalue weighted by Crippen LogP contribution is 2.28. The zero-order valence-corrected chi connectivity index (χ0v) is 14.9. The molecule has 0 saturated carbocycles. The van der Waals surface area contributed by atoms with Gasteiger partial charge in [0.2, 0.25) is 0 Å². The summed E-state index contributed by atoms with van der Waals surface area (Å²) in [5.41, 5.74) is 4.13. The van der Waals surface area contributed by atoms with Gasteiger partial charge in [0.05, 0.1) is 15.6 Å². The van der Waals surface area contributed by atoms with Crippen LogP contribution in [0.4, 0.5) is 5.69 Å². The molecule has 0 saturated heterocycles. The van der Waals surface area contributed by atoms with Gasteiger partial charge in [-0.3, -0.25) is 14.9 Å². The number of nitro benzene ring substituents is 1. The van der Waals surface area contributed by atoms with Gasteiger partial charge in [0.15, 0.2) is 6.61 Å². The van der Waals surface area contributed by atoms with Gasteiger partial charge in [0.1, 0.15) is 5.75 Å². The lowest BCUT2D eigenvalue weighted by atomic mass is 10.2. The largest absolute Gasteiger partial charge is 0.483 e. The van der Waals surface area contributed by atoms with Crippen molar-refractivity contribution in [2.24, 2.45) is 5.10 Å². The number of carbonyl (C=O) groups is 1. The number of benzene rings is 2. The number of aromatic amines is 1. The molecule has 1 aromatic heterocycles. The highest BCUT2D eigenvalue weighted by molar-refractivity contribution is 9.10. The first-order chi connectivity index (χ1) is 12.5. The molecule has 1 heterocycles. The van der Waals surface area contributed by atoms with E-state index in [0.717, 1.165) is 16.5 Å². The minimum Gasteiger partial charge on any atom is -0.483 e. The van der Waals surface area contributed by atoms with Crippen LogP contribution in [0.3, 0.4) is 0 Å².